The minimum Gasteiger partial charge on any atom is -0.349 e. The number of pyridine rings is 1. The number of imidazole rings is 1. The van der Waals surface area contributed by atoms with Gasteiger partial charge >= 0.3 is 0 Å². The average molecular weight is 335 g/mol. The van der Waals surface area contributed by atoms with Crippen LogP contribution in [-0.4, -0.2) is 39.6 Å². The minimum atomic E-state index is -0.0736. The zero-order chi connectivity index (χ0) is 17.1. The Labute approximate surface area is 146 Å². The van der Waals surface area contributed by atoms with Crippen LogP contribution < -0.4 is 10.6 Å². The highest BCUT2D eigenvalue weighted by Gasteiger charge is 2.17. The molecule has 6 nitrogen and oxygen atoms in total. The van der Waals surface area contributed by atoms with Crippen molar-refractivity contribution in [3.05, 3.63) is 54.5 Å². The molecule has 0 spiro atoms. The molecule has 0 saturated carbocycles. The quantitative estimate of drug-likeness (QED) is 0.770. The van der Waals surface area contributed by atoms with Crippen LogP contribution in [0, 0.1) is 0 Å². The van der Waals surface area contributed by atoms with Gasteiger partial charge in [0.25, 0.3) is 5.91 Å². The first kappa shape index (κ1) is 15.8. The van der Waals surface area contributed by atoms with E-state index in [0.717, 1.165) is 49.2 Å². The molecule has 3 heterocycles. The van der Waals surface area contributed by atoms with Crippen LogP contribution in [0.2, 0.25) is 0 Å². The van der Waals surface area contributed by atoms with Gasteiger partial charge in [0.1, 0.15) is 11.8 Å². The van der Waals surface area contributed by atoms with Gasteiger partial charge < -0.3 is 10.6 Å². The number of rotatable bonds is 3. The van der Waals surface area contributed by atoms with E-state index in [1.807, 2.05) is 41.0 Å². The Morgan fingerprint density at radius 3 is 2.92 bits per heavy atom. The fraction of sp³-hybridized carbons (Fsp3) is 0.316. The molecule has 2 aromatic heterocycles. The molecule has 1 unspecified atom stereocenters. The SMILES string of the molecule is O=C(NC1CCCNCC1)c1cnc2c(c1)ncn2-c1ccccc1. The highest BCUT2D eigenvalue weighted by Crippen LogP contribution is 2.17. The molecule has 4 rings (SSSR count). The molecule has 2 N–H and O–H groups in total. The van der Waals surface area contributed by atoms with Gasteiger partial charge in [0.15, 0.2) is 5.65 Å². The van der Waals surface area contributed by atoms with Gasteiger partial charge in [0.2, 0.25) is 0 Å². The van der Waals surface area contributed by atoms with Gasteiger partial charge in [-0.2, -0.15) is 0 Å². The molecular formula is C19H21N5O. The average Bonchev–Trinajstić information content (AvgIpc) is 2.91. The molecule has 1 aliphatic rings. The molecule has 0 aliphatic carbocycles. The third-order valence-electron chi connectivity index (χ3n) is 4.60. The van der Waals surface area contributed by atoms with Crippen LogP contribution in [0.5, 0.6) is 0 Å². The van der Waals surface area contributed by atoms with E-state index < -0.39 is 0 Å². The monoisotopic (exact) mass is 335 g/mol. The Morgan fingerprint density at radius 1 is 1.16 bits per heavy atom. The highest BCUT2D eigenvalue weighted by atomic mass is 16.1. The van der Waals surface area contributed by atoms with Crippen LogP contribution in [0.4, 0.5) is 0 Å². The maximum absolute atomic E-state index is 12.5. The molecule has 1 fully saturated rings. The van der Waals surface area contributed by atoms with Crippen molar-refractivity contribution >= 4 is 17.1 Å². The molecule has 25 heavy (non-hydrogen) atoms. The molecule has 1 amide bonds. The number of aromatic nitrogens is 3. The van der Waals surface area contributed by atoms with E-state index in [1.54, 1.807) is 12.5 Å². The molecule has 1 aromatic carbocycles. The maximum Gasteiger partial charge on any atom is 0.253 e. The van der Waals surface area contributed by atoms with Gasteiger partial charge in [-0.05, 0) is 50.6 Å². The minimum absolute atomic E-state index is 0.0736. The fourth-order valence-corrected chi connectivity index (χ4v) is 3.24. The smallest absolute Gasteiger partial charge is 0.253 e. The summed E-state index contributed by atoms with van der Waals surface area (Å²) in [5.74, 6) is -0.0736. The van der Waals surface area contributed by atoms with Gasteiger partial charge in [-0.15, -0.1) is 0 Å². The number of hydrogen-bond acceptors (Lipinski definition) is 4. The number of amides is 1. The summed E-state index contributed by atoms with van der Waals surface area (Å²) in [6.45, 7) is 1.97. The van der Waals surface area contributed by atoms with Crippen LogP contribution in [0.25, 0.3) is 16.9 Å². The molecule has 3 aromatic rings. The first-order valence-corrected chi connectivity index (χ1v) is 8.71. The summed E-state index contributed by atoms with van der Waals surface area (Å²) >= 11 is 0. The zero-order valence-electron chi connectivity index (χ0n) is 14.0. The summed E-state index contributed by atoms with van der Waals surface area (Å²) in [4.78, 5) is 21.4. The van der Waals surface area contributed by atoms with E-state index in [0.29, 0.717) is 5.56 Å². The van der Waals surface area contributed by atoms with Crippen molar-refractivity contribution in [1.29, 1.82) is 0 Å². The van der Waals surface area contributed by atoms with E-state index in [4.69, 9.17) is 0 Å². The number of fused-ring (bicyclic) bond motifs is 1. The summed E-state index contributed by atoms with van der Waals surface area (Å²) in [6.07, 6.45) is 6.43. The Hall–Kier alpha value is -2.73. The zero-order valence-corrected chi connectivity index (χ0v) is 14.0. The summed E-state index contributed by atoms with van der Waals surface area (Å²) < 4.78 is 1.92. The number of carbonyl (C=O) groups is 1. The topological polar surface area (TPSA) is 71.8 Å². The van der Waals surface area contributed by atoms with Crippen LogP contribution in [-0.2, 0) is 0 Å². The van der Waals surface area contributed by atoms with Crippen molar-refractivity contribution in [2.24, 2.45) is 0 Å². The number of carbonyl (C=O) groups excluding carboxylic acids is 1. The van der Waals surface area contributed by atoms with Crippen LogP contribution in [0.3, 0.4) is 0 Å². The van der Waals surface area contributed by atoms with E-state index in [1.165, 1.54) is 0 Å². The second-order valence-corrected chi connectivity index (χ2v) is 6.37. The summed E-state index contributed by atoms with van der Waals surface area (Å²) in [5, 5.41) is 6.48. The molecule has 1 atom stereocenters. The van der Waals surface area contributed by atoms with E-state index >= 15 is 0 Å². The molecular weight excluding hydrogens is 314 g/mol. The molecule has 0 radical (unpaired) electrons. The van der Waals surface area contributed by atoms with Crippen molar-refractivity contribution in [3.63, 3.8) is 0 Å². The standard InChI is InChI=1S/C19H21N5O/c25-19(23-15-5-4-9-20-10-8-15)14-11-17-18(21-12-14)24(13-22-17)16-6-2-1-3-7-16/h1-3,6-7,11-13,15,20H,4-5,8-10H2,(H,23,25). The van der Waals surface area contributed by atoms with E-state index in [2.05, 4.69) is 20.6 Å². The summed E-state index contributed by atoms with van der Waals surface area (Å²) in [7, 11) is 0. The molecule has 0 bridgehead atoms. The molecule has 6 heteroatoms. The lowest BCUT2D eigenvalue weighted by atomic mass is 10.1. The fourth-order valence-electron chi connectivity index (χ4n) is 3.24. The molecule has 1 aliphatic heterocycles. The Balaban J connectivity index is 1.56. The van der Waals surface area contributed by atoms with Crippen LogP contribution in [0.15, 0.2) is 48.9 Å². The third-order valence-corrected chi connectivity index (χ3v) is 4.60. The first-order chi connectivity index (χ1) is 12.3. The second kappa shape index (κ2) is 7.03. The van der Waals surface area contributed by atoms with Gasteiger partial charge in [-0.25, -0.2) is 9.97 Å². The van der Waals surface area contributed by atoms with Crippen LogP contribution >= 0.6 is 0 Å². The predicted molar refractivity (Wildman–Crippen MR) is 96.8 cm³/mol. The number of para-hydroxylation sites is 1. The Bertz CT molecular complexity index is 866. The summed E-state index contributed by atoms with van der Waals surface area (Å²) in [6, 6.07) is 12.0. The largest absolute Gasteiger partial charge is 0.349 e. The Morgan fingerprint density at radius 2 is 2.04 bits per heavy atom. The van der Waals surface area contributed by atoms with E-state index in [-0.39, 0.29) is 11.9 Å². The first-order valence-electron chi connectivity index (χ1n) is 8.71. The van der Waals surface area contributed by atoms with Gasteiger partial charge in [0.05, 0.1) is 5.56 Å². The third kappa shape index (κ3) is 3.39. The lowest BCUT2D eigenvalue weighted by molar-refractivity contribution is 0.0934. The van der Waals surface area contributed by atoms with Gasteiger partial charge in [-0.3, -0.25) is 9.36 Å². The normalized spacial score (nSPS) is 18.0. The predicted octanol–water partition coefficient (Wildman–Crippen LogP) is 2.29. The number of nitrogens with zero attached hydrogens (tertiary/aromatic N) is 3. The highest BCUT2D eigenvalue weighted by molar-refractivity contribution is 5.96. The van der Waals surface area contributed by atoms with Crippen molar-refractivity contribution in [1.82, 2.24) is 25.2 Å². The molecule has 1 saturated heterocycles. The van der Waals surface area contributed by atoms with Crippen molar-refractivity contribution in [2.75, 3.05) is 13.1 Å². The van der Waals surface area contributed by atoms with Crippen molar-refractivity contribution in [3.8, 4) is 5.69 Å². The lowest BCUT2D eigenvalue weighted by Crippen LogP contribution is -2.35. The lowest BCUT2D eigenvalue weighted by Gasteiger charge is -2.15. The molecule has 128 valence electrons. The van der Waals surface area contributed by atoms with Crippen molar-refractivity contribution in [2.45, 2.75) is 25.3 Å². The summed E-state index contributed by atoms with van der Waals surface area (Å²) in [5.41, 5.74) is 3.03. The number of hydrogen-bond donors (Lipinski definition) is 2. The van der Waals surface area contributed by atoms with Gasteiger partial charge in [-0.1, -0.05) is 18.2 Å². The van der Waals surface area contributed by atoms with Gasteiger partial charge in [0, 0.05) is 17.9 Å². The maximum atomic E-state index is 12.5. The number of nitrogens with one attached hydrogen (secondary N) is 2. The van der Waals surface area contributed by atoms with Crippen molar-refractivity contribution < 1.29 is 4.79 Å². The number of benzene rings is 1. The Kier molecular flexibility index (Phi) is 4.43. The van der Waals surface area contributed by atoms with Crippen LogP contribution in [0.1, 0.15) is 29.6 Å². The second-order valence-electron chi connectivity index (χ2n) is 6.37. The van der Waals surface area contributed by atoms with E-state index in [9.17, 15) is 4.79 Å².